The fraction of sp³-hybridized carbons (Fsp3) is 0.0588. The Kier molecular flexibility index (Phi) is 3.54. The Labute approximate surface area is 155 Å². The van der Waals surface area contributed by atoms with E-state index in [0.717, 1.165) is 34.3 Å². The lowest BCUT2D eigenvalue weighted by atomic mass is 10.1. The molecule has 1 amide bonds. The van der Waals surface area contributed by atoms with Gasteiger partial charge in [-0.3, -0.25) is 10.1 Å². The topological polar surface area (TPSA) is 86.2 Å². The van der Waals surface area contributed by atoms with Crippen LogP contribution in [0.2, 0.25) is 0 Å². The van der Waals surface area contributed by atoms with Crippen molar-refractivity contribution < 1.29 is 14.3 Å². The quantitative estimate of drug-likeness (QED) is 0.580. The molecule has 4 aromatic rings. The van der Waals surface area contributed by atoms with Crippen LogP contribution in [0, 0.1) is 0 Å². The molecular weight excluding hydrogens is 372 g/mol. The molecule has 3 heterocycles. The van der Waals surface area contributed by atoms with Gasteiger partial charge in [0.1, 0.15) is 11.0 Å². The van der Waals surface area contributed by atoms with Crippen LogP contribution in [0.1, 0.15) is 10.4 Å². The Bertz CT molecular complexity index is 1140. The van der Waals surface area contributed by atoms with E-state index in [0.29, 0.717) is 22.0 Å². The number of aromatic nitrogens is 3. The third-order valence-corrected chi connectivity index (χ3v) is 5.22. The van der Waals surface area contributed by atoms with E-state index in [1.165, 1.54) is 11.3 Å². The lowest BCUT2D eigenvalue weighted by Gasteiger charge is -2.02. The van der Waals surface area contributed by atoms with Gasteiger partial charge in [-0.05, 0) is 36.4 Å². The first-order valence-corrected chi connectivity index (χ1v) is 9.26. The molecular formula is C17H10N4O3S2. The normalized spacial score (nSPS) is 12.5. The number of anilines is 1. The summed E-state index contributed by atoms with van der Waals surface area (Å²) in [4.78, 5) is 16.9. The second kappa shape index (κ2) is 6.04. The molecule has 0 fully saturated rings. The van der Waals surface area contributed by atoms with Crippen LogP contribution in [0.4, 0.5) is 5.13 Å². The predicted molar refractivity (Wildman–Crippen MR) is 99.0 cm³/mol. The molecule has 0 unspecified atom stereocenters. The summed E-state index contributed by atoms with van der Waals surface area (Å²) in [5.41, 5.74) is 3.68. The van der Waals surface area contributed by atoms with Gasteiger partial charge in [0.2, 0.25) is 6.79 Å². The van der Waals surface area contributed by atoms with Crippen molar-refractivity contribution in [3.63, 3.8) is 0 Å². The summed E-state index contributed by atoms with van der Waals surface area (Å²) >= 11 is 2.49. The van der Waals surface area contributed by atoms with Crippen molar-refractivity contribution in [3.8, 4) is 22.8 Å². The van der Waals surface area contributed by atoms with Gasteiger partial charge in [-0.15, -0.1) is 11.3 Å². The standard InChI is InChI=1S/C17H10N4O3S2/c22-16(10-1-3-11-12(5-10)21-26-20-11)19-17-18-13(7-25-17)9-2-4-14-15(6-9)24-8-23-14/h1-7H,8H2,(H,18,19,22). The van der Waals surface area contributed by atoms with Crippen molar-refractivity contribution in [1.29, 1.82) is 0 Å². The SMILES string of the molecule is O=C(Nc1nc(-c2ccc3c(c2)OCO3)cs1)c1ccc2nsnc2c1. The van der Waals surface area contributed by atoms with Gasteiger partial charge in [0, 0.05) is 16.5 Å². The maximum atomic E-state index is 12.5. The number of amides is 1. The van der Waals surface area contributed by atoms with Crippen molar-refractivity contribution in [1.82, 2.24) is 13.7 Å². The van der Waals surface area contributed by atoms with Gasteiger partial charge in [-0.2, -0.15) is 8.75 Å². The average Bonchev–Trinajstić information content (AvgIpc) is 3.40. The van der Waals surface area contributed by atoms with E-state index < -0.39 is 0 Å². The van der Waals surface area contributed by atoms with Crippen LogP contribution < -0.4 is 14.8 Å². The zero-order valence-electron chi connectivity index (χ0n) is 13.1. The molecule has 2 aromatic heterocycles. The first-order chi connectivity index (χ1) is 12.8. The Balaban J connectivity index is 1.37. The van der Waals surface area contributed by atoms with E-state index in [2.05, 4.69) is 19.0 Å². The molecule has 7 nitrogen and oxygen atoms in total. The summed E-state index contributed by atoms with van der Waals surface area (Å²) in [5.74, 6) is 1.20. The van der Waals surface area contributed by atoms with E-state index in [1.807, 2.05) is 23.6 Å². The van der Waals surface area contributed by atoms with Crippen molar-refractivity contribution in [3.05, 3.63) is 47.3 Å². The number of hydrogen-bond donors (Lipinski definition) is 1. The summed E-state index contributed by atoms with van der Waals surface area (Å²) in [6.07, 6.45) is 0. The van der Waals surface area contributed by atoms with Crippen LogP contribution in [0.15, 0.2) is 41.8 Å². The molecule has 1 aliphatic heterocycles. The number of thiazole rings is 1. The highest BCUT2D eigenvalue weighted by Crippen LogP contribution is 2.36. The lowest BCUT2D eigenvalue weighted by Crippen LogP contribution is -2.11. The highest BCUT2D eigenvalue weighted by molar-refractivity contribution is 7.14. The molecule has 2 aromatic carbocycles. The minimum absolute atomic E-state index is 0.230. The molecule has 128 valence electrons. The number of carbonyl (C=O) groups is 1. The van der Waals surface area contributed by atoms with Crippen molar-refractivity contribution >= 4 is 45.1 Å². The fourth-order valence-corrected chi connectivity index (χ4v) is 3.84. The van der Waals surface area contributed by atoms with Crippen LogP contribution in [-0.4, -0.2) is 26.4 Å². The lowest BCUT2D eigenvalue weighted by molar-refractivity contribution is 0.102. The minimum atomic E-state index is -0.230. The first-order valence-electron chi connectivity index (χ1n) is 7.65. The maximum absolute atomic E-state index is 12.5. The Morgan fingerprint density at radius 3 is 2.88 bits per heavy atom. The number of nitrogens with one attached hydrogen (secondary N) is 1. The molecule has 0 bridgehead atoms. The van der Waals surface area contributed by atoms with Crippen LogP contribution >= 0.6 is 23.1 Å². The molecule has 0 saturated carbocycles. The van der Waals surface area contributed by atoms with Crippen LogP contribution in [0.25, 0.3) is 22.3 Å². The highest BCUT2D eigenvalue weighted by Gasteiger charge is 2.16. The summed E-state index contributed by atoms with van der Waals surface area (Å²) in [6, 6.07) is 10.9. The second-order valence-corrected chi connectivity index (χ2v) is 6.91. The molecule has 1 aliphatic rings. The third kappa shape index (κ3) is 2.67. The zero-order chi connectivity index (χ0) is 17.5. The molecule has 5 rings (SSSR count). The highest BCUT2D eigenvalue weighted by atomic mass is 32.1. The molecule has 9 heteroatoms. The second-order valence-electron chi connectivity index (χ2n) is 5.53. The summed E-state index contributed by atoms with van der Waals surface area (Å²) in [6.45, 7) is 0.232. The maximum Gasteiger partial charge on any atom is 0.257 e. The van der Waals surface area contributed by atoms with Crippen molar-refractivity contribution in [2.24, 2.45) is 0 Å². The summed E-state index contributed by atoms with van der Waals surface area (Å²) in [5, 5.41) is 5.24. The number of nitrogens with zero attached hydrogens (tertiary/aromatic N) is 3. The number of rotatable bonds is 3. The molecule has 0 aliphatic carbocycles. The monoisotopic (exact) mass is 382 g/mol. The van der Waals surface area contributed by atoms with E-state index in [9.17, 15) is 4.79 Å². The Morgan fingerprint density at radius 1 is 1.04 bits per heavy atom. The van der Waals surface area contributed by atoms with Gasteiger partial charge in [0.15, 0.2) is 16.6 Å². The molecule has 26 heavy (non-hydrogen) atoms. The number of carbonyl (C=O) groups excluding carboxylic acids is 1. The smallest absolute Gasteiger partial charge is 0.257 e. The number of benzene rings is 2. The number of hydrogen-bond acceptors (Lipinski definition) is 8. The van der Waals surface area contributed by atoms with E-state index >= 15 is 0 Å². The molecule has 0 atom stereocenters. The van der Waals surface area contributed by atoms with Gasteiger partial charge in [0.05, 0.1) is 17.4 Å². The van der Waals surface area contributed by atoms with E-state index in [1.54, 1.807) is 18.2 Å². The molecule has 0 radical (unpaired) electrons. The predicted octanol–water partition coefficient (Wildman–Crippen LogP) is 3.80. The molecule has 1 N–H and O–H groups in total. The fourth-order valence-electron chi connectivity index (χ4n) is 2.61. The molecule has 0 spiro atoms. The summed E-state index contributed by atoms with van der Waals surface area (Å²) in [7, 11) is 0. The summed E-state index contributed by atoms with van der Waals surface area (Å²) < 4.78 is 19.0. The van der Waals surface area contributed by atoms with Crippen LogP contribution in [-0.2, 0) is 0 Å². The van der Waals surface area contributed by atoms with Crippen LogP contribution in [0.5, 0.6) is 11.5 Å². The van der Waals surface area contributed by atoms with Gasteiger partial charge < -0.3 is 9.47 Å². The van der Waals surface area contributed by atoms with E-state index in [-0.39, 0.29) is 12.7 Å². The first kappa shape index (κ1) is 15.2. The molecule has 0 saturated heterocycles. The largest absolute Gasteiger partial charge is 0.454 e. The Hall–Kier alpha value is -3.04. The Morgan fingerprint density at radius 2 is 1.92 bits per heavy atom. The van der Waals surface area contributed by atoms with Gasteiger partial charge in [-0.25, -0.2) is 4.98 Å². The van der Waals surface area contributed by atoms with Gasteiger partial charge >= 0.3 is 0 Å². The zero-order valence-corrected chi connectivity index (χ0v) is 14.8. The number of ether oxygens (including phenoxy) is 2. The van der Waals surface area contributed by atoms with Crippen LogP contribution in [0.3, 0.4) is 0 Å². The van der Waals surface area contributed by atoms with Gasteiger partial charge in [-0.1, -0.05) is 0 Å². The van der Waals surface area contributed by atoms with Crippen molar-refractivity contribution in [2.45, 2.75) is 0 Å². The average molecular weight is 382 g/mol. The third-order valence-electron chi connectivity index (χ3n) is 3.91. The van der Waals surface area contributed by atoms with Crippen molar-refractivity contribution in [2.75, 3.05) is 12.1 Å². The van der Waals surface area contributed by atoms with E-state index in [4.69, 9.17) is 9.47 Å². The number of fused-ring (bicyclic) bond motifs is 2. The van der Waals surface area contributed by atoms with Gasteiger partial charge in [0.25, 0.3) is 5.91 Å². The minimum Gasteiger partial charge on any atom is -0.454 e.